The lowest BCUT2D eigenvalue weighted by molar-refractivity contribution is -0.123. The quantitative estimate of drug-likeness (QED) is 0.871. The number of nitrogens with one attached hydrogen (secondary N) is 2. The summed E-state index contributed by atoms with van der Waals surface area (Å²) in [4.78, 5) is 17.4. The summed E-state index contributed by atoms with van der Waals surface area (Å²) < 4.78 is 0. The molecule has 0 unspecified atom stereocenters. The van der Waals surface area contributed by atoms with Gasteiger partial charge in [0.2, 0.25) is 5.91 Å². The number of rotatable bonds is 5. The summed E-state index contributed by atoms with van der Waals surface area (Å²) in [5.74, 6) is 0.141. The van der Waals surface area contributed by atoms with E-state index in [2.05, 4.69) is 15.6 Å². The standard InChI is InChI=1S/C14H23N3OS/c1-11-16-9-12(19-11)10-17-13(18)8-14(15-2)6-4-3-5-7-14/h9,15H,3-8,10H2,1-2H3,(H,17,18). The number of hydrogen-bond acceptors (Lipinski definition) is 4. The zero-order valence-electron chi connectivity index (χ0n) is 11.8. The molecule has 1 aromatic heterocycles. The van der Waals surface area contributed by atoms with Gasteiger partial charge in [-0.1, -0.05) is 19.3 Å². The molecule has 0 saturated heterocycles. The van der Waals surface area contributed by atoms with E-state index in [1.54, 1.807) is 11.3 Å². The summed E-state index contributed by atoms with van der Waals surface area (Å²) in [7, 11) is 1.98. The van der Waals surface area contributed by atoms with Crippen LogP contribution in [0.1, 0.15) is 48.4 Å². The van der Waals surface area contributed by atoms with Crippen molar-refractivity contribution in [2.75, 3.05) is 7.05 Å². The molecule has 1 fully saturated rings. The van der Waals surface area contributed by atoms with E-state index in [1.807, 2.05) is 20.2 Å². The van der Waals surface area contributed by atoms with E-state index in [0.29, 0.717) is 13.0 Å². The molecule has 0 atom stereocenters. The van der Waals surface area contributed by atoms with E-state index < -0.39 is 0 Å². The van der Waals surface area contributed by atoms with Crippen LogP contribution in [0.2, 0.25) is 0 Å². The monoisotopic (exact) mass is 281 g/mol. The van der Waals surface area contributed by atoms with Gasteiger partial charge in [-0.15, -0.1) is 11.3 Å². The molecule has 1 aromatic rings. The zero-order chi connectivity index (χ0) is 13.7. The molecule has 0 aromatic carbocycles. The van der Waals surface area contributed by atoms with Crippen molar-refractivity contribution in [1.29, 1.82) is 0 Å². The van der Waals surface area contributed by atoms with E-state index in [0.717, 1.165) is 22.7 Å². The topological polar surface area (TPSA) is 54.0 Å². The molecule has 1 saturated carbocycles. The first kappa shape index (κ1) is 14.5. The van der Waals surface area contributed by atoms with Gasteiger partial charge >= 0.3 is 0 Å². The summed E-state index contributed by atoms with van der Waals surface area (Å²) in [6, 6.07) is 0. The fraction of sp³-hybridized carbons (Fsp3) is 0.714. The van der Waals surface area contributed by atoms with Crippen LogP contribution in [-0.4, -0.2) is 23.5 Å². The van der Waals surface area contributed by atoms with Gasteiger partial charge in [-0.25, -0.2) is 4.98 Å². The minimum absolute atomic E-state index is 0.0198. The number of nitrogens with zero attached hydrogens (tertiary/aromatic N) is 1. The first-order valence-corrected chi connectivity index (χ1v) is 7.82. The Balaban J connectivity index is 1.82. The molecule has 2 N–H and O–H groups in total. The van der Waals surface area contributed by atoms with Gasteiger partial charge < -0.3 is 10.6 Å². The van der Waals surface area contributed by atoms with Gasteiger partial charge in [-0.05, 0) is 26.8 Å². The summed E-state index contributed by atoms with van der Waals surface area (Å²) >= 11 is 1.64. The van der Waals surface area contributed by atoms with Crippen LogP contribution in [0.15, 0.2) is 6.20 Å². The first-order chi connectivity index (χ1) is 9.13. The van der Waals surface area contributed by atoms with Gasteiger partial charge in [0.25, 0.3) is 0 Å². The molecule has 19 heavy (non-hydrogen) atoms. The van der Waals surface area contributed by atoms with E-state index in [-0.39, 0.29) is 11.4 Å². The maximum atomic E-state index is 12.1. The van der Waals surface area contributed by atoms with Gasteiger partial charge in [0.15, 0.2) is 0 Å². The molecule has 1 aliphatic rings. The van der Waals surface area contributed by atoms with Crippen LogP contribution in [0, 0.1) is 6.92 Å². The highest BCUT2D eigenvalue weighted by atomic mass is 32.1. The Morgan fingerprint density at radius 2 is 2.16 bits per heavy atom. The normalized spacial score (nSPS) is 18.2. The van der Waals surface area contributed by atoms with Crippen LogP contribution in [0.3, 0.4) is 0 Å². The third-order valence-electron chi connectivity index (χ3n) is 3.97. The van der Waals surface area contributed by atoms with Crippen molar-refractivity contribution in [3.63, 3.8) is 0 Å². The highest BCUT2D eigenvalue weighted by molar-refractivity contribution is 7.11. The third-order valence-corrected chi connectivity index (χ3v) is 4.88. The largest absolute Gasteiger partial charge is 0.351 e. The van der Waals surface area contributed by atoms with Crippen LogP contribution >= 0.6 is 11.3 Å². The number of amides is 1. The lowest BCUT2D eigenvalue weighted by atomic mass is 9.79. The molecule has 2 rings (SSSR count). The number of carbonyl (C=O) groups excluding carboxylic acids is 1. The lowest BCUT2D eigenvalue weighted by Gasteiger charge is -2.36. The molecule has 5 heteroatoms. The molecule has 0 aliphatic heterocycles. The second-order valence-electron chi connectivity index (χ2n) is 5.39. The second kappa shape index (κ2) is 6.48. The van der Waals surface area contributed by atoms with Crippen LogP contribution in [-0.2, 0) is 11.3 Å². The van der Waals surface area contributed by atoms with Crippen LogP contribution in [0.25, 0.3) is 0 Å². The number of aromatic nitrogens is 1. The van der Waals surface area contributed by atoms with Crippen molar-refractivity contribution >= 4 is 17.2 Å². The maximum absolute atomic E-state index is 12.1. The SMILES string of the molecule is CNC1(CC(=O)NCc2cnc(C)s2)CCCCC1. The summed E-state index contributed by atoms with van der Waals surface area (Å²) in [5.41, 5.74) is 0.0198. The molecular weight excluding hydrogens is 258 g/mol. The zero-order valence-corrected chi connectivity index (χ0v) is 12.6. The van der Waals surface area contributed by atoms with Gasteiger partial charge in [0, 0.05) is 23.0 Å². The number of hydrogen-bond donors (Lipinski definition) is 2. The van der Waals surface area contributed by atoms with Crippen LogP contribution in [0.4, 0.5) is 0 Å². The molecule has 1 heterocycles. The molecule has 0 bridgehead atoms. The predicted molar refractivity (Wildman–Crippen MR) is 78.2 cm³/mol. The minimum Gasteiger partial charge on any atom is -0.351 e. The van der Waals surface area contributed by atoms with Gasteiger partial charge in [0.1, 0.15) is 0 Å². The number of aryl methyl sites for hydroxylation is 1. The minimum atomic E-state index is 0.0198. The number of thiazole rings is 1. The molecule has 0 radical (unpaired) electrons. The van der Waals surface area contributed by atoms with Crippen LogP contribution in [0.5, 0.6) is 0 Å². The van der Waals surface area contributed by atoms with Crippen LogP contribution < -0.4 is 10.6 Å². The molecule has 4 nitrogen and oxygen atoms in total. The Kier molecular flexibility index (Phi) is 4.93. The summed E-state index contributed by atoms with van der Waals surface area (Å²) in [5, 5.41) is 7.43. The fourth-order valence-corrected chi connectivity index (χ4v) is 3.52. The van der Waals surface area contributed by atoms with Crippen molar-refractivity contribution in [2.24, 2.45) is 0 Å². The maximum Gasteiger partial charge on any atom is 0.222 e. The van der Waals surface area contributed by atoms with E-state index in [4.69, 9.17) is 0 Å². The Morgan fingerprint density at radius 3 is 2.74 bits per heavy atom. The van der Waals surface area contributed by atoms with Crippen molar-refractivity contribution in [3.05, 3.63) is 16.1 Å². The van der Waals surface area contributed by atoms with Gasteiger partial charge in [-0.3, -0.25) is 4.79 Å². The fourth-order valence-electron chi connectivity index (χ4n) is 2.79. The lowest BCUT2D eigenvalue weighted by Crippen LogP contribution is -2.48. The highest BCUT2D eigenvalue weighted by Crippen LogP contribution is 2.30. The van der Waals surface area contributed by atoms with Gasteiger partial charge in [-0.2, -0.15) is 0 Å². The van der Waals surface area contributed by atoms with Crippen molar-refractivity contribution < 1.29 is 4.79 Å². The molecule has 0 spiro atoms. The Morgan fingerprint density at radius 1 is 1.42 bits per heavy atom. The Bertz CT molecular complexity index is 424. The number of carbonyl (C=O) groups is 1. The van der Waals surface area contributed by atoms with E-state index in [9.17, 15) is 4.79 Å². The average molecular weight is 281 g/mol. The summed E-state index contributed by atoms with van der Waals surface area (Å²) in [6.07, 6.45) is 8.39. The molecule has 106 valence electrons. The summed E-state index contributed by atoms with van der Waals surface area (Å²) in [6.45, 7) is 2.58. The molecular formula is C14H23N3OS. The van der Waals surface area contributed by atoms with Crippen molar-refractivity contribution in [2.45, 2.75) is 57.5 Å². The van der Waals surface area contributed by atoms with Crippen molar-refractivity contribution in [1.82, 2.24) is 15.6 Å². The van der Waals surface area contributed by atoms with Gasteiger partial charge in [0.05, 0.1) is 11.6 Å². The average Bonchev–Trinajstić information content (AvgIpc) is 2.83. The van der Waals surface area contributed by atoms with Crippen molar-refractivity contribution in [3.8, 4) is 0 Å². The third kappa shape index (κ3) is 4.01. The Labute approximate surface area is 119 Å². The Hall–Kier alpha value is -0.940. The second-order valence-corrected chi connectivity index (χ2v) is 6.71. The smallest absolute Gasteiger partial charge is 0.222 e. The van der Waals surface area contributed by atoms with E-state index in [1.165, 1.54) is 19.3 Å². The molecule has 1 aliphatic carbocycles. The first-order valence-electron chi connectivity index (χ1n) is 7.00. The van der Waals surface area contributed by atoms with E-state index >= 15 is 0 Å². The predicted octanol–water partition coefficient (Wildman–Crippen LogP) is 2.38. The highest BCUT2D eigenvalue weighted by Gasteiger charge is 2.32. The molecule has 1 amide bonds.